The van der Waals surface area contributed by atoms with Gasteiger partial charge in [0, 0.05) is 6.04 Å². The number of carbonyl (C=O) groups excluding carboxylic acids is 3. The molecule has 0 fully saturated rings. The van der Waals surface area contributed by atoms with Gasteiger partial charge in [-0.05, 0) is 19.8 Å². The van der Waals surface area contributed by atoms with Crippen LogP contribution < -0.4 is 16.8 Å². The monoisotopic (exact) mass is 272 g/mol. The smallest absolute Gasteiger partial charge is 0.242 e. The number of carbonyl (C=O) groups is 3. The summed E-state index contributed by atoms with van der Waals surface area (Å²) in [5.74, 6) is -1.35. The molecular formula is C12H24N4O3. The van der Waals surface area contributed by atoms with Crippen molar-refractivity contribution in [1.82, 2.24) is 10.2 Å². The standard InChI is InChI=1S/C12H24N4O3/c1-7(2)11(14)12(19)15-5-10(18)16(8(3)4)6-9(13)17/h7-8,11H,5-6,14H2,1-4H3,(H2,13,17)(H,15,19)/t11-/m0/s1. The summed E-state index contributed by atoms with van der Waals surface area (Å²) in [6.07, 6.45) is 0. The zero-order valence-electron chi connectivity index (χ0n) is 12.0. The number of nitrogens with one attached hydrogen (secondary N) is 1. The van der Waals surface area contributed by atoms with Gasteiger partial charge in [-0.2, -0.15) is 0 Å². The molecule has 0 bridgehead atoms. The maximum absolute atomic E-state index is 11.9. The Morgan fingerprint density at radius 2 is 1.68 bits per heavy atom. The van der Waals surface area contributed by atoms with Crippen LogP contribution in [0.25, 0.3) is 0 Å². The van der Waals surface area contributed by atoms with Crippen LogP contribution in [-0.2, 0) is 14.4 Å². The molecule has 0 heterocycles. The maximum Gasteiger partial charge on any atom is 0.242 e. The highest BCUT2D eigenvalue weighted by molar-refractivity contribution is 5.89. The van der Waals surface area contributed by atoms with E-state index >= 15 is 0 Å². The van der Waals surface area contributed by atoms with Crippen molar-refractivity contribution in [1.29, 1.82) is 0 Å². The van der Waals surface area contributed by atoms with Crippen molar-refractivity contribution in [2.75, 3.05) is 13.1 Å². The Balaban J connectivity index is 4.42. The molecule has 0 aromatic heterocycles. The van der Waals surface area contributed by atoms with Crippen LogP contribution >= 0.6 is 0 Å². The topological polar surface area (TPSA) is 119 Å². The highest BCUT2D eigenvalue weighted by atomic mass is 16.2. The van der Waals surface area contributed by atoms with Gasteiger partial charge in [0.05, 0.1) is 19.1 Å². The zero-order chi connectivity index (χ0) is 15.2. The molecule has 0 spiro atoms. The molecule has 110 valence electrons. The lowest BCUT2D eigenvalue weighted by Crippen LogP contribution is -2.50. The number of rotatable bonds is 7. The molecule has 0 radical (unpaired) electrons. The zero-order valence-corrected chi connectivity index (χ0v) is 12.0. The van der Waals surface area contributed by atoms with Gasteiger partial charge in [0.1, 0.15) is 0 Å². The Kier molecular flexibility index (Phi) is 7.06. The Hall–Kier alpha value is -1.63. The third-order valence-corrected chi connectivity index (χ3v) is 2.70. The van der Waals surface area contributed by atoms with E-state index in [-0.39, 0.29) is 36.9 Å². The highest BCUT2D eigenvalue weighted by Crippen LogP contribution is 2.00. The summed E-state index contributed by atoms with van der Waals surface area (Å²) < 4.78 is 0. The van der Waals surface area contributed by atoms with Crippen molar-refractivity contribution >= 4 is 17.7 Å². The highest BCUT2D eigenvalue weighted by Gasteiger charge is 2.22. The summed E-state index contributed by atoms with van der Waals surface area (Å²) in [5.41, 5.74) is 10.7. The summed E-state index contributed by atoms with van der Waals surface area (Å²) in [6, 6.07) is -0.827. The second-order valence-corrected chi connectivity index (χ2v) is 5.07. The molecule has 0 aromatic carbocycles. The van der Waals surface area contributed by atoms with Crippen LogP contribution in [-0.4, -0.2) is 47.8 Å². The molecular weight excluding hydrogens is 248 g/mol. The third-order valence-electron chi connectivity index (χ3n) is 2.70. The Morgan fingerprint density at radius 1 is 1.16 bits per heavy atom. The van der Waals surface area contributed by atoms with Crippen LogP contribution in [0.3, 0.4) is 0 Å². The molecule has 7 heteroatoms. The molecule has 3 amide bonds. The van der Waals surface area contributed by atoms with Crippen LogP contribution in [0, 0.1) is 5.92 Å². The van der Waals surface area contributed by atoms with Gasteiger partial charge in [-0.25, -0.2) is 0 Å². The van der Waals surface area contributed by atoms with Crippen molar-refractivity contribution in [2.45, 2.75) is 39.8 Å². The quantitative estimate of drug-likeness (QED) is 0.540. The predicted octanol–water partition coefficient (Wildman–Crippen LogP) is -1.19. The minimum atomic E-state index is -0.656. The lowest BCUT2D eigenvalue weighted by Gasteiger charge is -2.25. The largest absolute Gasteiger partial charge is 0.368 e. The number of nitrogens with zero attached hydrogens (tertiary/aromatic N) is 1. The van der Waals surface area contributed by atoms with E-state index in [1.807, 2.05) is 13.8 Å². The number of hydrogen-bond acceptors (Lipinski definition) is 4. The maximum atomic E-state index is 11.9. The van der Waals surface area contributed by atoms with Crippen LogP contribution in [0.2, 0.25) is 0 Å². The molecule has 0 saturated heterocycles. The average Bonchev–Trinajstić information content (AvgIpc) is 2.30. The first-order chi connectivity index (χ1) is 8.66. The number of amides is 3. The summed E-state index contributed by atoms with van der Waals surface area (Å²) >= 11 is 0. The van der Waals surface area contributed by atoms with E-state index < -0.39 is 11.9 Å². The summed E-state index contributed by atoms with van der Waals surface area (Å²) in [4.78, 5) is 35.7. The lowest BCUT2D eigenvalue weighted by molar-refractivity contribution is -0.137. The summed E-state index contributed by atoms with van der Waals surface area (Å²) in [6.45, 7) is 6.82. The fourth-order valence-electron chi connectivity index (χ4n) is 1.41. The normalized spacial score (nSPS) is 12.4. The first-order valence-electron chi connectivity index (χ1n) is 6.27. The van der Waals surface area contributed by atoms with Crippen LogP contribution in [0.1, 0.15) is 27.7 Å². The van der Waals surface area contributed by atoms with E-state index in [4.69, 9.17) is 11.5 Å². The first-order valence-corrected chi connectivity index (χ1v) is 6.27. The third kappa shape index (κ3) is 6.19. The Bertz CT molecular complexity index is 342. The van der Waals surface area contributed by atoms with Gasteiger partial charge in [0.25, 0.3) is 0 Å². The van der Waals surface area contributed by atoms with Gasteiger partial charge < -0.3 is 21.7 Å². The second-order valence-electron chi connectivity index (χ2n) is 5.07. The minimum Gasteiger partial charge on any atom is -0.368 e. The SMILES string of the molecule is CC(C)[C@H](N)C(=O)NCC(=O)N(CC(N)=O)C(C)C. The molecule has 0 rings (SSSR count). The molecule has 0 saturated carbocycles. The van der Waals surface area contributed by atoms with Gasteiger partial charge >= 0.3 is 0 Å². The van der Waals surface area contributed by atoms with Gasteiger partial charge in [-0.1, -0.05) is 13.8 Å². The van der Waals surface area contributed by atoms with Gasteiger partial charge in [-0.3, -0.25) is 14.4 Å². The lowest BCUT2D eigenvalue weighted by atomic mass is 10.1. The molecule has 0 aliphatic heterocycles. The van der Waals surface area contributed by atoms with Gasteiger partial charge in [-0.15, -0.1) is 0 Å². The Labute approximate surface area is 113 Å². The molecule has 0 aliphatic carbocycles. The van der Waals surface area contributed by atoms with E-state index in [0.717, 1.165) is 0 Å². The fraction of sp³-hybridized carbons (Fsp3) is 0.750. The van der Waals surface area contributed by atoms with Crippen molar-refractivity contribution < 1.29 is 14.4 Å². The van der Waals surface area contributed by atoms with E-state index in [1.165, 1.54) is 4.90 Å². The van der Waals surface area contributed by atoms with Gasteiger partial charge in [0.2, 0.25) is 17.7 Å². The average molecular weight is 272 g/mol. The minimum absolute atomic E-state index is 0.0121. The second kappa shape index (κ2) is 7.73. The van der Waals surface area contributed by atoms with Crippen molar-refractivity contribution in [3.63, 3.8) is 0 Å². The van der Waals surface area contributed by atoms with E-state index in [0.29, 0.717) is 0 Å². The molecule has 0 aromatic rings. The van der Waals surface area contributed by atoms with E-state index in [2.05, 4.69) is 5.32 Å². The van der Waals surface area contributed by atoms with E-state index in [9.17, 15) is 14.4 Å². The van der Waals surface area contributed by atoms with Crippen molar-refractivity contribution in [3.05, 3.63) is 0 Å². The molecule has 0 unspecified atom stereocenters. The predicted molar refractivity (Wildman–Crippen MR) is 71.9 cm³/mol. The fourth-order valence-corrected chi connectivity index (χ4v) is 1.41. The van der Waals surface area contributed by atoms with Crippen LogP contribution in [0.15, 0.2) is 0 Å². The van der Waals surface area contributed by atoms with Crippen molar-refractivity contribution in [3.8, 4) is 0 Å². The Morgan fingerprint density at radius 3 is 2.05 bits per heavy atom. The molecule has 0 aliphatic rings. The summed E-state index contributed by atoms with van der Waals surface area (Å²) in [5, 5.41) is 2.46. The molecule has 7 nitrogen and oxygen atoms in total. The van der Waals surface area contributed by atoms with E-state index in [1.54, 1.807) is 13.8 Å². The number of primary amides is 1. The van der Waals surface area contributed by atoms with Gasteiger partial charge in [0.15, 0.2) is 0 Å². The molecule has 19 heavy (non-hydrogen) atoms. The number of nitrogens with two attached hydrogens (primary N) is 2. The van der Waals surface area contributed by atoms with Crippen LogP contribution in [0.5, 0.6) is 0 Å². The molecule has 5 N–H and O–H groups in total. The van der Waals surface area contributed by atoms with Crippen molar-refractivity contribution in [2.24, 2.45) is 17.4 Å². The van der Waals surface area contributed by atoms with Crippen LogP contribution in [0.4, 0.5) is 0 Å². The number of hydrogen-bond donors (Lipinski definition) is 3. The summed E-state index contributed by atoms with van der Waals surface area (Å²) in [7, 11) is 0. The molecule has 1 atom stereocenters. The first kappa shape index (κ1) is 17.4.